The summed E-state index contributed by atoms with van der Waals surface area (Å²) in [7, 11) is 1.67. The fraction of sp³-hybridized carbons (Fsp3) is 0.400. The summed E-state index contributed by atoms with van der Waals surface area (Å²) in [5.41, 5.74) is 8.80. The minimum absolute atomic E-state index is 0.0694. The Balaban J connectivity index is 2.92. The van der Waals surface area contributed by atoms with Crippen LogP contribution >= 0.6 is 0 Å². The Morgan fingerprint density at radius 1 is 1.39 bits per heavy atom. The van der Waals surface area contributed by atoms with E-state index in [0.717, 1.165) is 17.7 Å². The first-order valence-corrected chi connectivity index (χ1v) is 6.35. The summed E-state index contributed by atoms with van der Waals surface area (Å²) in [6, 6.07) is 7.81. The van der Waals surface area contributed by atoms with E-state index in [0.29, 0.717) is 6.42 Å². The van der Waals surface area contributed by atoms with Crippen LogP contribution in [0, 0.1) is 5.92 Å². The van der Waals surface area contributed by atoms with Crippen LogP contribution in [-0.4, -0.2) is 13.0 Å². The molecule has 0 spiro atoms. The minimum atomic E-state index is 0.0694. The van der Waals surface area contributed by atoms with Gasteiger partial charge in [0.1, 0.15) is 0 Å². The summed E-state index contributed by atoms with van der Waals surface area (Å²) >= 11 is 0. The Kier molecular flexibility index (Phi) is 5.43. The van der Waals surface area contributed by atoms with Gasteiger partial charge in [0.15, 0.2) is 0 Å². The molecule has 0 saturated carbocycles. The summed E-state index contributed by atoms with van der Waals surface area (Å²) in [5.74, 6) is 0.272. The summed E-state index contributed by atoms with van der Waals surface area (Å²) in [6.07, 6.45) is 3.64. The zero-order valence-corrected chi connectivity index (χ0v) is 11.4. The predicted molar refractivity (Wildman–Crippen MR) is 77.0 cm³/mol. The molecule has 1 unspecified atom stereocenters. The van der Waals surface area contributed by atoms with Crippen molar-refractivity contribution in [2.75, 3.05) is 12.8 Å². The standard InChI is InChI=1S/C15H22N2O/c1-4-5-14(11(2)10-15(18)17-3)12-6-8-13(16)9-7-12/h5-9,11H,4,10,16H2,1-3H3,(H,17,18)/b14-5-. The molecule has 3 N–H and O–H groups in total. The van der Waals surface area contributed by atoms with Crippen molar-refractivity contribution in [3.63, 3.8) is 0 Å². The van der Waals surface area contributed by atoms with Gasteiger partial charge in [0.25, 0.3) is 0 Å². The third kappa shape index (κ3) is 3.91. The van der Waals surface area contributed by atoms with Crippen LogP contribution in [0.2, 0.25) is 0 Å². The lowest BCUT2D eigenvalue weighted by Gasteiger charge is -2.16. The molecule has 1 aromatic carbocycles. The number of nitrogens with two attached hydrogens (primary N) is 1. The highest BCUT2D eigenvalue weighted by atomic mass is 16.1. The molecule has 0 saturated heterocycles. The molecular formula is C15H22N2O. The SMILES string of the molecule is CC/C=C(\c1ccc(N)cc1)C(C)CC(=O)NC. The molecule has 0 fully saturated rings. The van der Waals surface area contributed by atoms with E-state index in [2.05, 4.69) is 25.2 Å². The molecule has 1 atom stereocenters. The number of allylic oxidation sites excluding steroid dienone is 2. The van der Waals surface area contributed by atoms with Crippen molar-refractivity contribution in [3.8, 4) is 0 Å². The number of hydrogen-bond acceptors (Lipinski definition) is 2. The van der Waals surface area contributed by atoms with E-state index >= 15 is 0 Å². The van der Waals surface area contributed by atoms with Crippen LogP contribution in [0.3, 0.4) is 0 Å². The lowest BCUT2D eigenvalue weighted by molar-refractivity contribution is -0.121. The van der Waals surface area contributed by atoms with Gasteiger partial charge in [-0.1, -0.05) is 32.1 Å². The number of rotatable bonds is 5. The van der Waals surface area contributed by atoms with Crippen LogP contribution in [-0.2, 0) is 4.79 Å². The van der Waals surface area contributed by atoms with Crippen LogP contribution in [0.1, 0.15) is 32.3 Å². The first-order valence-electron chi connectivity index (χ1n) is 6.35. The van der Waals surface area contributed by atoms with E-state index < -0.39 is 0 Å². The van der Waals surface area contributed by atoms with Crippen molar-refractivity contribution in [1.29, 1.82) is 0 Å². The Morgan fingerprint density at radius 3 is 2.50 bits per heavy atom. The van der Waals surface area contributed by atoms with Crippen molar-refractivity contribution in [1.82, 2.24) is 5.32 Å². The number of amides is 1. The second-order valence-electron chi connectivity index (χ2n) is 4.47. The highest BCUT2D eigenvalue weighted by Gasteiger charge is 2.14. The first kappa shape index (κ1) is 14.3. The Hall–Kier alpha value is -1.77. The zero-order valence-electron chi connectivity index (χ0n) is 11.4. The van der Waals surface area contributed by atoms with E-state index in [-0.39, 0.29) is 11.8 Å². The fourth-order valence-corrected chi connectivity index (χ4v) is 1.99. The maximum atomic E-state index is 11.5. The van der Waals surface area contributed by atoms with E-state index in [1.165, 1.54) is 5.57 Å². The normalized spacial score (nSPS) is 13.2. The molecule has 0 aliphatic carbocycles. The number of nitrogens with one attached hydrogen (secondary N) is 1. The second-order valence-corrected chi connectivity index (χ2v) is 4.47. The van der Waals surface area contributed by atoms with Gasteiger partial charge in [-0.25, -0.2) is 0 Å². The van der Waals surface area contributed by atoms with Crippen molar-refractivity contribution in [2.45, 2.75) is 26.7 Å². The zero-order chi connectivity index (χ0) is 13.5. The molecule has 1 amide bonds. The van der Waals surface area contributed by atoms with Gasteiger partial charge < -0.3 is 11.1 Å². The molecule has 0 radical (unpaired) electrons. The molecule has 1 aromatic rings. The van der Waals surface area contributed by atoms with Gasteiger partial charge in [-0.3, -0.25) is 4.79 Å². The van der Waals surface area contributed by atoms with Crippen LogP contribution in [0.4, 0.5) is 5.69 Å². The van der Waals surface area contributed by atoms with E-state index in [4.69, 9.17) is 5.73 Å². The second kappa shape index (κ2) is 6.84. The summed E-state index contributed by atoms with van der Waals surface area (Å²) < 4.78 is 0. The van der Waals surface area contributed by atoms with Crippen LogP contribution in [0.25, 0.3) is 5.57 Å². The van der Waals surface area contributed by atoms with Crippen LogP contribution in [0.15, 0.2) is 30.3 Å². The van der Waals surface area contributed by atoms with E-state index in [1.54, 1.807) is 7.05 Å². The maximum absolute atomic E-state index is 11.5. The third-order valence-corrected chi connectivity index (χ3v) is 2.97. The number of carbonyl (C=O) groups excluding carboxylic acids is 1. The third-order valence-electron chi connectivity index (χ3n) is 2.97. The first-order chi connectivity index (χ1) is 8.58. The minimum Gasteiger partial charge on any atom is -0.399 e. The maximum Gasteiger partial charge on any atom is 0.220 e. The largest absolute Gasteiger partial charge is 0.399 e. The van der Waals surface area contributed by atoms with Gasteiger partial charge in [0.2, 0.25) is 5.91 Å². The lowest BCUT2D eigenvalue weighted by atomic mass is 9.90. The monoisotopic (exact) mass is 246 g/mol. The quantitative estimate of drug-likeness (QED) is 0.785. The number of anilines is 1. The average Bonchev–Trinajstić information content (AvgIpc) is 2.37. The average molecular weight is 246 g/mol. The number of carbonyl (C=O) groups is 1. The Morgan fingerprint density at radius 2 is 2.00 bits per heavy atom. The molecule has 3 nitrogen and oxygen atoms in total. The molecule has 0 heterocycles. The van der Waals surface area contributed by atoms with Gasteiger partial charge in [-0.15, -0.1) is 0 Å². The van der Waals surface area contributed by atoms with Gasteiger partial charge in [-0.2, -0.15) is 0 Å². The molecule has 3 heteroatoms. The molecular weight excluding hydrogens is 224 g/mol. The molecule has 18 heavy (non-hydrogen) atoms. The predicted octanol–water partition coefficient (Wildman–Crippen LogP) is 2.83. The molecule has 0 bridgehead atoms. The van der Waals surface area contributed by atoms with Crippen LogP contribution in [0.5, 0.6) is 0 Å². The van der Waals surface area contributed by atoms with E-state index in [1.807, 2.05) is 24.3 Å². The van der Waals surface area contributed by atoms with Crippen molar-refractivity contribution in [3.05, 3.63) is 35.9 Å². The highest BCUT2D eigenvalue weighted by Crippen LogP contribution is 2.27. The van der Waals surface area contributed by atoms with Crippen LogP contribution < -0.4 is 11.1 Å². The Labute approximate surface area is 109 Å². The van der Waals surface area contributed by atoms with E-state index in [9.17, 15) is 4.79 Å². The number of hydrogen-bond donors (Lipinski definition) is 2. The van der Waals surface area contributed by atoms with Gasteiger partial charge in [-0.05, 0) is 35.6 Å². The fourth-order valence-electron chi connectivity index (χ4n) is 1.99. The molecule has 0 aromatic heterocycles. The van der Waals surface area contributed by atoms with Crippen molar-refractivity contribution >= 4 is 17.2 Å². The number of benzene rings is 1. The topological polar surface area (TPSA) is 55.1 Å². The molecule has 0 aliphatic heterocycles. The smallest absolute Gasteiger partial charge is 0.220 e. The van der Waals surface area contributed by atoms with Crippen molar-refractivity contribution < 1.29 is 4.79 Å². The summed E-state index contributed by atoms with van der Waals surface area (Å²) in [4.78, 5) is 11.5. The summed E-state index contributed by atoms with van der Waals surface area (Å²) in [5, 5.41) is 2.67. The van der Waals surface area contributed by atoms with Gasteiger partial charge >= 0.3 is 0 Å². The summed E-state index contributed by atoms with van der Waals surface area (Å²) in [6.45, 7) is 4.18. The van der Waals surface area contributed by atoms with Gasteiger partial charge in [0.05, 0.1) is 0 Å². The highest BCUT2D eigenvalue weighted by molar-refractivity contribution is 5.79. The van der Waals surface area contributed by atoms with Crippen molar-refractivity contribution in [2.24, 2.45) is 5.92 Å². The number of nitrogen functional groups attached to an aromatic ring is 1. The molecule has 0 aliphatic rings. The molecule has 1 rings (SSSR count). The molecule has 98 valence electrons. The Bertz CT molecular complexity index is 421. The van der Waals surface area contributed by atoms with Gasteiger partial charge in [0, 0.05) is 19.2 Å². The lowest BCUT2D eigenvalue weighted by Crippen LogP contribution is -2.20.